The number of rotatable bonds is 6. The third-order valence-corrected chi connectivity index (χ3v) is 6.92. The van der Waals surface area contributed by atoms with Crippen molar-refractivity contribution in [3.8, 4) is 22.6 Å². The zero-order valence-corrected chi connectivity index (χ0v) is 23.8. The second-order valence-corrected chi connectivity index (χ2v) is 10.1. The van der Waals surface area contributed by atoms with Crippen LogP contribution in [-0.2, 0) is 11.3 Å². The summed E-state index contributed by atoms with van der Waals surface area (Å²) in [4.78, 5) is 23.2. The third kappa shape index (κ3) is 6.41. The predicted molar refractivity (Wildman–Crippen MR) is 165 cm³/mol. The fourth-order valence-electron chi connectivity index (χ4n) is 4.69. The molecule has 4 aromatic carbocycles. The van der Waals surface area contributed by atoms with E-state index < -0.39 is 0 Å². The first kappa shape index (κ1) is 27.5. The van der Waals surface area contributed by atoms with Gasteiger partial charge >= 0.3 is 0 Å². The fourth-order valence-corrected chi connectivity index (χ4v) is 4.69. The lowest BCUT2D eigenvalue weighted by Crippen LogP contribution is -2.30. The monoisotopic (exact) mass is 542 g/mol. The molecule has 6 aromatic rings. The normalized spacial score (nSPS) is 10.7. The van der Waals surface area contributed by atoms with Crippen LogP contribution < -0.4 is 4.90 Å². The van der Waals surface area contributed by atoms with Gasteiger partial charge in [0.25, 0.3) is 0 Å². The molecular formula is C34H34N6O. The molecule has 0 atom stereocenters. The topological polar surface area (TPSA) is 90.6 Å². The molecule has 1 amide bonds. The number of carbonyl (C=O) groups is 1. The van der Waals surface area contributed by atoms with Crippen LogP contribution in [0, 0.1) is 20.8 Å². The molecule has 0 unspecified atom stereocenters. The van der Waals surface area contributed by atoms with Crippen LogP contribution in [0.2, 0.25) is 0 Å². The molecular weight excluding hydrogens is 508 g/mol. The van der Waals surface area contributed by atoms with Gasteiger partial charge in [-0.05, 0) is 50.1 Å². The van der Waals surface area contributed by atoms with E-state index in [0.717, 1.165) is 50.6 Å². The van der Waals surface area contributed by atoms with Gasteiger partial charge in [0.1, 0.15) is 16.9 Å². The van der Waals surface area contributed by atoms with Crippen molar-refractivity contribution in [2.45, 2.75) is 40.7 Å². The van der Waals surface area contributed by atoms with Gasteiger partial charge in [-0.3, -0.25) is 4.79 Å². The lowest BCUT2D eigenvalue weighted by Gasteiger charge is -2.25. The number of nitrogens with one attached hydrogen (secondary N) is 2. The van der Waals surface area contributed by atoms with Gasteiger partial charge < -0.3 is 9.88 Å². The molecule has 0 radical (unpaired) electrons. The smallest absolute Gasteiger partial charge is 0.227 e. The Morgan fingerprint density at radius 2 is 1.46 bits per heavy atom. The van der Waals surface area contributed by atoms with Crippen LogP contribution >= 0.6 is 0 Å². The molecule has 206 valence electrons. The van der Waals surface area contributed by atoms with Crippen LogP contribution in [0.4, 0.5) is 5.69 Å². The SMILES string of the molecule is CCC(=O)N(Cc1ccc(C)cc1)c1ccccc1-c1nc(-c2ccccc2)[nH]c1C.Cc1ccc2n[nH]nc2c1. The highest BCUT2D eigenvalue weighted by Gasteiger charge is 2.21. The van der Waals surface area contributed by atoms with Crippen molar-refractivity contribution in [3.05, 3.63) is 119 Å². The summed E-state index contributed by atoms with van der Waals surface area (Å²) in [6.07, 6.45) is 0.439. The molecule has 0 fully saturated rings. The van der Waals surface area contributed by atoms with E-state index in [1.807, 2.05) is 98.5 Å². The number of para-hydroxylation sites is 1. The molecule has 0 aliphatic rings. The molecule has 2 heterocycles. The number of hydrogen-bond acceptors (Lipinski definition) is 4. The third-order valence-electron chi connectivity index (χ3n) is 6.92. The van der Waals surface area contributed by atoms with Crippen molar-refractivity contribution < 1.29 is 4.79 Å². The minimum absolute atomic E-state index is 0.0875. The molecule has 0 spiro atoms. The number of aryl methyl sites for hydroxylation is 3. The first-order valence-electron chi connectivity index (χ1n) is 13.8. The molecule has 2 aromatic heterocycles. The highest BCUT2D eigenvalue weighted by atomic mass is 16.2. The van der Waals surface area contributed by atoms with Crippen LogP contribution in [0.15, 0.2) is 97.1 Å². The zero-order valence-electron chi connectivity index (χ0n) is 23.8. The molecule has 7 nitrogen and oxygen atoms in total. The maximum absolute atomic E-state index is 13.0. The van der Waals surface area contributed by atoms with Crippen LogP contribution in [0.25, 0.3) is 33.7 Å². The quantitative estimate of drug-likeness (QED) is 0.227. The van der Waals surface area contributed by atoms with E-state index in [9.17, 15) is 4.79 Å². The number of aromatic nitrogens is 5. The van der Waals surface area contributed by atoms with E-state index in [-0.39, 0.29) is 5.91 Å². The van der Waals surface area contributed by atoms with Crippen molar-refractivity contribution >= 4 is 22.6 Å². The van der Waals surface area contributed by atoms with Gasteiger partial charge in [-0.2, -0.15) is 15.4 Å². The fraction of sp³-hybridized carbons (Fsp3) is 0.176. The Balaban J connectivity index is 0.000000282. The Bertz CT molecular complexity index is 1750. The van der Waals surface area contributed by atoms with E-state index in [0.29, 0.717) is 13.0 Å². The Morgan fingerprint density at radius 1 is 0.780 bits per heavy atom. The number of amides is 1. The zero-order chi connectivity index (χ0) is 28.8. The van der Waals surface area contributed by atoms with Gasteiger partial charge in [-0.1, -0.05) is 91.3 Å². The molecule has 0 aliphatic heterocycles. The molecule has 0 aliphatic carbocycles. The maximum atomic E-state index is 13.0. The molecule has 2 N–H and O–H groups in total. The number of imidazole rings is 1. The minimum atomic E-state index is 0.0875. The Kier molecular flexibility index (Phi) is 8.34. The van der Waals surface area contributed by atoms with Crippen LogP contribution in [0.5, 0.6) is 0 Å². The summed E-state index contributed by atoms with van der Waals surface area (Å²) < 4.78 is 0. The van der Waals surface area contributed by atoms with Crippen LogP contribution in [-0.4, -0.2) is 31.3 Å². The molecule has 0 bridgehead atoms. The maximum Gasteiger partial charge on any atom is 0.227 e. The van der Waals surface area contributed by atoms with E-state index in [1.54, 1.807) is 0 Å². The lowest BCUT2D eigenvalue weighted by atomic mass is 10.1. The Morgan fingerprint density at radius 3 is 2.22 bits per heavy atom. The Labute approximate surface area is 240 Å². The number of benzene rings is 4. The van der Waals surface area contributed by atoms with Gasteiger partial charge in [0, 0.05) is 23.2 Å². The number of H-pyrrole nitrogens is 2. The van der Waals surface area contributed by atoms with Crippen molar-refractivity contribution in [2.75, 3.05) is 4.90 Å². The molecule has 41 heavy (non-hydrogen) atoms. The van der Waals surface area contributed by atoms with Gasteiger partial charge in [-0.15, -0.1) is 0 Å². The van der Waals surface area contributed by atoms with Crippen molar-refractivity contribution in [2.24, 2.45) is 0 Å². The summed E-state index contributed by atoms with van der Waals surface area (Å²) in [7, 11) is 0. The lowest BCUT2D eigenvalue weighted by molar-refractivity contribution is -0.118. The summed E-state index contributed by atoms with van der Waals surface area (Å²) in [5, 5.41) is 10.4. The standard InChI is InChI=1S/C27H27N3O.C7H7N3/c1-4-25(31)30(18-21-16-14-19(2)15-17-21)24-13-9-8-12-23(24)26-20(3)28-27(29-26)22-10-6-5-7-11-22;1-5-2-3-6-7(4-5)9-10-8-6/h5-17H,4,18H2,1-3H3,(H,28,29);2-4H,1H3,(H,8,9,10). The van der Waals surface area contributed by atoms with Crippen molar-refractivity contribution in [3.63, 3.8) is 0 Å². The number of nitrogens with zero attached hydrogens (tertiary/aromatic N) is 4. The summed E-state index contributed by atoms with van der Waals surface area (Å²) in [6, 6.07) is 32.4. The van der Waals surface area contributed by atoms with E-state index >= 15 is 0 Å². The molecule has 7 heteroatoms. The summed E-state index contributed by atoms with van der Waals surface area (Å²) in [5.41, 5.74) is 10.1. The number of hydrogen-bond donors (Lipinski definition) is 2. The van der Waals surface area contributed by atoms with E-state index in [4.69, 9.17) is 4.98 Å². The number of aromatic amines is 2. The first-order valence-corrected chi connectivity index (χ1v) is 13.8. The van der Waals surface area contributed by atoms with Crippen molar-refractivity contribution in [1.29, 1.82) is 0 Å². The van der Waals surface area contributed by atoms with Gasteiger partial charge in [0.15, 0.2) is 0 Å². The average Bonchev–Trinajstić information content (AvgIpc) is 3.63. The summed E-state index contributed by atoms with van der Waals surface area (Å²) in [6.45, 7) is 8.56. The number of anilines is 1. The predicted octanol–water partition coefficient (Wildman–Crippen LogP) is 7.57. The Hall–Kier alpha value is -5.04. The molecule has 0 saturated heterocycles. The van der Waals surface area contributed by atoms with Gasteiger partial charge in [-0.25, -0.2) is 4.98 Å². The first-order chi connectivity index (χ1) is 19.9. The highest BCUT2D eigenvalue weighted by molar-refractivity contribution is 5.97. The summed E-state index contributed by atoms with van der Waals surface area (Å²) in [5.74, 6) is 0.916. The van der Waals surface area contributed by atoms with E-state index in [1.165, 1.54) is 11.1 Å². The number of carbonyl (C=O) groups excluding carboxylic acids is 1. The second kappa shape index (κ2) is 12.4. The van der Waals surface area contributed by atoms with Gasteiger partial charge in [0.05, 0.1) is 17.9 Å². The average molecular weight is 543 g/mol. The highest BCUT2D eigenvalue weighted by Crippen LogP contribution is 2.34. The second-order valence-electron chi connectivity index (χ2n) is 10.1. The summed E-state index contributed by atoms with van der Waals surface area (Å²) >= 11 is 0. The number of fused-ring (bicyclic) bond motifs is 1. The largest absolute Gasteiger partial charge is 0.342 e. The molecule has 6 rings (SSSR count). The van der Waals surface area contributed by atoms with Gasteiger partial charge in [0.2, 0.25) is 5.91 Å². The van der Waals surface area contributed by atoms with Crippen molar-refractivity contribution in [1.82, 2.24) is 25.4 Å². The minimum Gasteiger partial charge on any atom is -0.342 e. The van der Waals surface area contributed by atoms with Crippen LogP contribution in [0.1, 0.15) is 35.7 Å². The van der Waals surface area contributed by atoms with Crippen LogP contribution in [0.3, 0.4) is 0 Å². The molecule has 0 saturated carbocycles. The van der Waals surface area contributed by atoms with E-state index in [2.05, 4.69) is 51.6 Å².